The smallest absolute Gasteiger partial charge is 0.190 e. The summed E-state index contributed by atoms with van der Waals surface area (Å²) in [7, 11) is -3.04. The van der Waals surface area contributed by atoms with Gasteiger partial charge in [0.15, 0.2) is 9.84 Å². The Kier molecular flexibility index (Phi) is 1.95. The van der Waals surface area contributed by atoms with Gasteiger partial charge in [0, 0.05) is 18.5 Å². The number of aromatic nitrogens is 1. The Hall–Kier alpha value is -0.770. The highest BCUT2D eigenvalue weighted by atomic mass is 32.2. The molecule has 72 valence electrons. The topological polar surface area (TPSA) is 39.1 Å². The second kappa shape index (κ2) is 2.87. The molecule has 4 heteroatoms. The number of hydrogen-bond acceptors (Lipinski definition) is 2. The van der Waals surface area contributed by atoms with Crippen molar-refractivity contribution in [2.45, 2.75) is 30.8 Å². The maximum absolute atomic E-state index is 11.3. The lowest BCUT2D eigenvalue weighted by Crippen LogP contribution is -2.14. The lowest BCUT2D eigenvalue weighted by molar-refractivity contribution is 0.495. The molecule has 0 saturated carbocycles. The monoisotopic (exact) mass is 199 g/mol. The van der Waals surface area contributed by atoms with Crippen molar-refractivity contribution in [3.63, 3.8) is 0 Å². The third-order valence-electron chi connectivity index (χ3n) is 2.48. The molecule has 0 aliphatic carbocycles. The molecule has 0 unspecified atom stereocenters. The van der Waals surface area contributed by atoms with E-state index in [9.17, 15) is 8.42 Å². The second-order valence-electron chi connectivity index (χ2n) is 3.54. The van der Waals surface area contributed by atoms with Crippen LogP contribution in [-0.4, -0.2) is 19.2 Å². The van der Waals surface area contributed by atoms with Crippen molar-refractivity contribution in [2.24, 2.45) is 0 Å². The number of fused-ring (bicyclic) bond motifs is 1. The van der Waals surface area contributed by atoms with Crippen LogP contribution in [0.5, 0.6) is 0 Å². The summed E-state index contributed by atoms with van der Waals surface area (Å²) in [6.45, 7) is 0.852. The summed E-state index contributed by atoms with van der Waals surface area (Å²) in [4.78, 5) is 0. The van der Waals surface area contributed by atoms with Crippen LogP contribution in [0.3, 0.4) is 0 Å². The third kappa shape index (κ3) is 1.50. The molecular weight excluding hydrogens is 186 g/mol. The third-order valence-corrected chi connectivity index (χ3v) is 3.59. The zero-order chi connectivity index (χ0) is 9.47. The molecule has 1 aromatic rings. The molecule has 1 aliphatic heterocycles. The van der Waals surface area contributed by atoms with E-state index < -0.39 is 9.84 Å². The van der Waals surface area contributed by atoms with Gasteiger partial charge in [-0.1, -0.05) is 0 Å². The SMILES string of the molecule is CS(=O)(=O)c1ccc2n1CCCC2. The molecule has 0 saturated heterocycles. The maximum Gasteiger partial charge on any atom is 0.190 e. The highest BCUT2D eigenvalue weighted by molar-refractivity contribution is 7.90. The van der Waals surface area contributed by atoms with Crippen LogP contribution in [0, 0.1) is 0 Å². The molecule has 0 aromatic carbocycles. The van der Waals surface area contributed by atoms with Gasteiger partial charge in [-0.3, -0.25) is 0 Å². The average molecular weight is 199 g/mol. The normalized spacial score (nSPS) is 17.0. The first-order valence-corrected chi connectivity index (χ1v) is 6.36. The molecule has 0 fully saturated rings. The van der Waals surface area contributed by atoms with Crippen molar-refractivity contribution in [3.8, 4) is 0 Å². The lowest BCUT2D eigenvalue weighted by atomic mass is 10.1. The van der Waals surface area contributed by atoms with Crippen LogP contribution in [0.4, 0.5) is 0 Å². The van der Waals surface area contributed by atoms with E-state index in [4.69, 9.17) is 0 Å². The fourth-order valence-corrected chi connectivity index (χ4v) is 2.78. The molecule has 3 nitrogen and oxygen atoms in total. The quantitative estimate of drug-likeness (QED) is 0.682. The number of rotatable bonds is 1. The van der Waals surface area contributed by atoms with Gasteiger partial charge < -0.3 is 4.57 Å². The minimum absolute atomic E-state index is 0.474. The van der Waals surface area contributed by atoms with Crippen molar-refractivity contribution in [1.82, 2.24) is 4.57 Å². The van der Waals surface area contributed by atoms with Gasteiger partial charge in [0.25, 0.3) is 0 Å². The molecule has 0 amide bonds. The van der Waals surface area contributed by atoms with Gasteiger partial charge in [0.1, 0.15) is 5.03 Å². The first-order chi connectivity index (χ1) is 6.09. The van der Waals surface area contributed by atoms with Crippen LogP contribution in [0.1, 0.15) is 18.5 Å². The summed E-state index contributed by atoms with van der Waals surface area (Å²) in [6, 6.07) is 3.64. The van der Waals surface area contributed by atoms with Gasteiger partial charge >= 0.3 is 0 Å². The Labute approximate surface area is 78.3 Å². The van der Waals surface area contributed by atoms with Crippen LogP contribution in [0.25, 0.3) is 0 Å². The minimum atomic E-state index is -3.04. The Balaban J connectivity index is 2.55. The molecule has 1 aromatic heterocycles. The molecule has 2 rings (SSSR count). The predicted molar refractivity (Wildman–Crippen MR) is 50.5 cm³/mol. The molecule has 13 heavy (non-hydrogen) atoms. The molecule has 0 N–H and O–H groups in total. The van der Waals surface area contributed by atoms with E-state index in [2.05, 4.69) is 0 Å². The summed E-state index contributed by atoms with van der Waals surface area (Å²) in [5, 5.41) is 0.474. The molecule has 0 spiro atoms. The Morgan fingerprint density at radius 1 is 1.31 bits per heavy atom. The molecule has 1 aliphatic rings. The van der Waals surface area contributed by atoms with Crippen molar-refractivity contribution in [3.05, 3.63) is 17.8 Å². The van der Waals surface area contributed by atoms with E-state index in [1.165, 1.54) is 12.7 Å². The maximum atomic E-state index is 11.3. The average Bonchev–Trinajstić information content (AvgIpc) is 2.45. The van der Waals surface area contributed by atoms with Crippen molar-refractivity contribution < 1.29 is 8.42 Å². The van der Waals surface area contributed by atoms with Crippen molar-refractivity contribution >= 4 is 9.84 Å². The van der Waals surface area contributed by atoms with Gasteiger partial charge in [0.05, 0.1) is 0 Å². The van der Waals surface area contributed by atoms with Crippen LogP contribution < -0.4 is 0 Å². The lowest BCUT2D eigenvalue weighted by Gasteiger charge is -2.16. The molecule has 0 atom stereocenters. The Morgan fingerprint density at radius 2 is 2.08 bits per heavy atom. The van der Waals surface area contributed by atoms with Crippen molar-refractivity contribution in [1.29, 1.82) is 0 Å². The number of aryl methyl sites for hydroxylation is 1. The van der Waals surface area contributed by atoms with Gasteiger partial charge in [-0.05, 0) is 31.4 Å². The summed E-state index contributed by atoms with van der Waals surface area (Å²) >= 11 is 0. The molecular formula is C9H13NO2S. The zero-order valence-electron chi connectivity index (χ0n) is 7.66. The van der Waals surface area contributed by atoms with E-state index in [0.717, 1.165) is 25.1 Å². The van der Waals surface area contributed by atoms with Crippen LogP contribution in [0.2, 0.25) is 0 Å². The van der Waals surface area contributed by atoms with E-state index in [1.54, 1.807) is 6.07 Å². The first kappa shape index (κ1) is 8.81. The minimum Gasteiger partial charge on any atom is -0.336 e. The Bertz CT molecular complexity index is 417. The highest BCUT2D eigenvalue weighted by Gasteiger charge is 2.18. The first-order valence-electron chi connectivity index (χ1n) is 4.47. The summed E-state index contributed by atoms with van der Waals surface area (Å²) in [5.74, 6) is 0. The van der Waals surface area contributed by atoms with E-state index in [-0.39, 0.29) is 0 Å². The zero-order valence-corrected chi connectivity index (χ0v) is 8.47. The molecule has 2 heterocycles. The standard InChI is InChI=1S/C9H13NO2S/c1-13(11,12)9-6-5-8-4-2-3-7-10(8)9/h5-6H,2-4,7H2,1H3. The van der Waals surface area contributed by atoms with Gasteiger partial charge in [-0.2, -0.15) is 0 Å². The number of hydrogen-bond donors (Lipinski definition) is 0. The Morgan fingerprint density at radius 3 is 2.77 bits per heavy atom. The fourth-order valence-electron chi connectivity index (χ4n) is 1.86. The largest absolute Gasteiger partial charge is 0.336 e. The molecule has 0 radical (unpaired) electrons. The van der Waals surface area contributed by atoms with Gasteiger partial charge in [0.2, 0.25) is 0 Å². The van der Waals surface area contributed by atoms with Crippen molar-refractivity contribution in [2.75, 3.05) is 6.26 Å². The summed E-state index contributed by atoms with van der Waals surface area (Å²) in [6.07, 6.45) is 4.54. The highest BCUT2D eigenvalue weighted by Crippen LogP contribution is 2.21. The number of sulfone groups is 1. The van der Waals surface area contributed by atoms with Crippen LogP contribution in [-0.2, 0) is 22.8 Å². The number of nitrogens with zero attached hydrogens (tertiary/aromatic N) is 1. The van der Waals surface area contributed by atoms with E-state index >= 15 is 0 Å². The molecule has 0 bridgehead atoms. The van der Waals surface area contributed by atoms with Gasteiger partial charge in [-0.15, -0.1) is 0 Å². The van der Waals surface area contributed by atoms with Crippen LogP contribution in [0.15, 0.2) is 17.2 Å². The van der Waals surface area contributed by atoms with Gasteiger partial charge in [-0.25, -0.2) is 8.42 Å². The van der Waals surface area contributed by atoms with E-state index in [1.807, 2.05) is 10.6 Å². The van der Waals surface area contributed by atoms with E-state index in [0.29, 0.717) is 5.03 Å². The predicted octanol–water partition coefficient (Wildman–Crippen LogP) is 1.23. The summed E-state index contributed by atoms with van der Waals surface area (Å²) in [5.41, 5.74) is 1.16. The second-order valence-corrected chi connectivity index (χ2v) is 5.51. The van der Waals surface area contributed by atoms with Crippen LogP contribution >= 0.6 is 0 Å². The fraction of sp³-hybridized carbons (Fsp3) is 0.556. The summed E-state index contributed by atoms with van der Waals surface area (Å²) < 4.78 is 24.6.